The van der Waals surface area contributed by atoms with Gasteiger partial charge in [-0.15, -0.1) is 0 Å². The van der Waals surface area contributed by atoms with Crippen LogP contribution in [0.2, 0.25) is 5.02 Å². The highest BCUT2D eigenvalue weighted by Gasteiger charge is 2.25. The number of rotatable bonds is 4. The van der Waals surface area contributed by atoms with E-state index in [0.29, 0.717) is 11.6 Å². The lowest BCUT2D eigenvalue weighted by molar-refractivity contribution is -0.144. The average Bonchev–Trinajstić information content (AvgIpc) is 2.52. The molecule has 0 aliphatic rings. The first kappa shape index (κ1) is 19.5. The van der Waals surface area contributed by atoms with Crippen LogP contribution in [0.4, 0.5) is 0 Å². The lowest BCUT2D eigenvalue weighted by atomic mass is 9.80. The highest BCUT2D eigenvalue weighted by Crippen LogP contribution is 2.37. The predicted molar refractivity (Wildman–Crippen MR) is 105 cm³/mol. The fourth-order valence-corrected chi connectivity index (χ4v) is 3.21. The maximum absolute atomic E-state index is 12.4. The predicted octanol–water partition coefficient (Wildman–Crippen LogP) is 6.28. The normalized spacial score (nSPS) is 12.8. The summed E-state index contributed by atoms with van der Waals surface area (Å²) in [5.41, 5.74) is 5.43. The van der Waals surface area contributed by atoms with Gasteiger partial charge in [-0.25, -0.2) is 0 Å². The number of hydrogen-bond donors (Lipinski definition) is 0. The highest BCUT2D eigenvalue weighted by molar-refractivity contribution is 6.30. The van der Waals surface area contributed by atoms with Crippen LogP contribution in [0.5, 0.6) is 0 Å². The van der Waals surface area contributed by atoms with E-state index in [1.165, 1.54) is 5.56 Å². The van der Waals surface area contributed by atoms with E-state index < -0.39 is 0 Å². The SMILES string of the molecule is CCOC(=O)C(C)c1cc(C(C)(C)C)cc(C)c1-c1cccc(Cl)c1. The summed E-state index contributed by atoms with van der Waals surface area (Å²) >= 11 is 6.20. The number of benzene rings is 2. The first-order valence-electron chi connectivity index (χ1n) is 8.72. The van der Waals surface area contributed by atoms with Crippen LogP contribution in [0.25, 0.3) is 11.1 Å². The Hall–Kier alpha value is -1.80. The maximum atomic E-state index is 12.4. The largest absolute Gasteiger partial charge is 0.466 e. The summed E-state index contributed by atoms with van der Waals surface area (Å²) in [6, 6.07) is 12.1. The number of ether oxygens (including phenoxy) is 1. The molecule has 0 radical (unpaired) electrons. The third-order valence-electron chi connectivity index (χ3n) is 4.45. The molecule has 2 aromatic rings. The quantitative estimate of drug-likeness (QED) is 0.601. The molecule has 25 heavy (non-hydrogen) atoms. The average molecular weight is 359 g/mol. The minimum Gasteiger partial charge on any atom is -0.466 e. The molecule has 2 nitrogen and oxygen atoms in total. The Morgan fingerprint density at radius 1 is 1.20 bits per heavy atom. The van der Waals surface area contributed by atoms with Crippen LogP contribution < -0.4 is 0 Å². The Morgan fingerprint density at radius 2 is 1.88 bits per heavy atom. The minimum atomic E-state index is -0.338. The summed E-state index contributed by atoms with van der Waals surface area (Å²) in [4.78, 5) is 12.4. The molecule has 3 heteroatoms. The Labute approximate surface area is 156 Å². The zero-order valence-electron chi connectivity index (χ0n) is 15.9. The van der Waals surface area contributed by atoms with Gasteiger partial charge in [0.15, 0.2) is 0 Å². The number of carbonyl (C=O) groups is 1. The summed E-state index contributed by atoms with van der Waals surface area (Å²) in [6.07, 6.45) is 0. The molecule has 0 fully saturated rings. The summed E-state index contributed by atoms with van der Waals surface area (Å²) < 4.78 is 5.27. The van der Waals surface area contributed by atoms with Crippen LogP contribution in [-0.2, 0) is 14.9 Å². The molecule has 0 saturated heterocycles. The van der Waals surface area contributed by atoms with Crippen molar-refractivity contribution in [3.8, 4) is 11.1 Å². The van der Waals surface area contributed by atoms with Crippen molar-refractivity contribution >= 4 is 17.6 Å². The van der Waals surface area contributed by atoms with Gasteiger partial charge in [0.2, 0.25) is 0 Å². The topological polar surface area (TPSA) is 26.3 Å². The fourth-order valence-electron chi connectivity index (χ4n) is 3.02. The molecule has 0 aromatic heterocycles. The van der Waals surface area contributed by atoms with Crippen molar-refractivity contribution in [1.29, 1.82) is 0 Å². The molecule has 2 rings (SSSR count). The second kappa shape index (κ2) is 7.61. The van der Waals surface area contributed by atoms with E-state index in [-0.39, 0.29) is 17.3 Å². The Kier molecular flexibility index (Phi) is 5.95. The van der Waals surface area contributed by atoms with Crippen molar-refractivity contribution in [2.24, 2.45) is 0 Å². The van der Waals surface area contributed by atoms with Crippen molar-refractivity contribution in [3.63, 3.8) is 0 Å². The van der Waals surface area contributed by atoms with Crippen molar-refractivity contribution in [2.75, 3.05) is 6.61 Å². The molecule has 0 aliphatic heterocycles. The van der Waals surface area contributed by atoms with Gasteiger partial charge < -0.3 is 4.74 Å². The zero-order chi connectivity index (χ0) is 18.8. The van der Waals surface area contributed by atoms with E-state index >= 15 is 0 Å². The molecular weight excluding hydrogens is 332 g/mol. The fraction of sp³-hybridized carbons (Fsp3) is 0.409. The van der Waals surface area contributed by atoms with E-state index in [1.54, 1.807) is 0 Å². The molecule has 0 bridgehead atoms. The Morgan fingerprint density at radius 3 is 2.44 bits per heavy atom. The van der Waals surface area contributed by atoms with E-state index in [1.807, 2.05) is 38.1 Å². The summed E-state index contributed by atoms with van der Waals surface area (Å²) in [6.45, 7) is 12.8. The molecule has 134 valence electrons. The summed E-state index contributed by atoms with van der Waals surface area (Å²) in [5, 5.41) is 0.687. The van der Waals surface area contributed by atoms with Crippen LogP contribution in [0.15, 0.2) is 36.4 Å². The summed E-state index contributed by atoms with van der Waals surface area (Å²) in [5.74, 6) is -0.536. The molecule has 0 saturated carbocycles. The van der Waals surface area contributed by atoms with E-state index in [0.717, 1.165) is 22.3 Å². The molecular formula is C22H27ClO2. The molecule has 2 aromatic carbocycles. The van der Waals surface area contributed by atoms with E-state index in [4.69, 9.17) is 16.3 Å². The van der Waals surface area contributed by atoms with Crippen molar-refractivity contribution in [3.05, 3.63) is 58.1 Å². The van der Waals surface area contributed by atoms with Crippen LogP contribution in [0.3, 0.4) is 0 Å². The third kappa shape index (κ3) is 4.43. The van der Waals surface area contributed by atoms with Gasteiger partial charge in [-0.3, -0.25) is 4.79 Å². The second-order valence-corrected chi connectivity index (χ2v) is 7.93. The van der Waals surface area contributed by atoms with Gasteiger partial charge in [0, 0.05) is 5.02 Å². The number of esters is 1. The molecule has 0 heterocycles. The number of hydrogen-bond acceptors (Lipinski definition) is 2. The number of aryl methyl sites for hydroxylation is 1. The molecule has 0 N–H and O–H groups in total. The molecule has 1 unspecified atom stereocenters. The second-order valence-electron chi connectivity index (χ2n) is 7.49. The van der Waals surface area contributed by atoms with Crippen molar-refractivity contribution < 1.29 is 9.53 Å². The van der Waals surface area contributed by atoms with Gasteiger partial charge in [0.25, 0.3) is 0 Å². The lowest BCUT2D eigenvalue weighted by Gasteiger charge is -2.25. The van der Waals surface area contributed by atoms with Crippen LogP contribution in [0, 0.1) is 6.92 Å². The van der Waals surface area contributed by atoms with E-state index in [9.17, 15) is 4.79 Å². The standard InChI is InChI=1S/C22H27ClO2/c1-7-25-21(24)15(3)19-13-17(22(4,5)6)11-14(2)20(19)16-9-8-10-18(23)12-16/h8-13,15H,7H2,1-6H3. The minimum absolute atomic E-state index is 0.000748. The van der Waals surface area contributed by atoms with Crippen LogP contribution in [-0.4, -0.2) is 12.6 Å². The third-order valence-corrected chi connectivity index (χ3v) is 4.69. The number of halogens is 1. The van der Waals surface area contributed by atoms with Gasteiger partial charge in [-0.1, -0.05) is 56.6 Å². The summed E-state index contributed by atoms with van der Waals surface area (Å²) in [7, 11) is 0. The van der Waals surface area contributed by atoms with Gasteiger partial charge in [0.1, 0.15) is 0 Å². The maximum Gasteiger partial charge on any atom is 0.313 e. The van der Waals surface area contributed by atoms with Gasteiger partial charge >= 0.3 is 5.97 Å². The smallest absolute Gasteiger partial charge is 0.313 e. The number of carbonyl (C=O) groups excluding carboxylic acids is 1. The Balaban J connectivity index is 2.71. The molecule has 0 spiro atoms. The van der Waals surface area contributed by atoms with Crippen LogP contribution >= 0.6 is 11.6 Å². The van der Waals surface area contributed by atoms with Gasteiger partial charge in [-0.05, 0) is 66.1 Å². The first-order chi connectivity index (χ1) is 11.6. The molecule has 1 atom stereocenters. The van der Waals surface area contributed by atoms with Gasteiger partial charge in [-0.2, -0.15) is 0 Å². The monoisotopic (exact) mass is 358 g/mol. The van der Waals surface area contributed by atoms with Gasteiger partial charge in [0.05, 0.1) is 12.5 Å². The molecule has 0 amide bonds. The lowest BCUT2D eigenvalue weighted by Crippen LogP contribution is -2.17. The van der Waals surface area contributed by atoms with Crippen molar-refractivity contribution in [1.82, 2.24) is 0 Å². The Bertz CT molecular complexity index is 772. The first-order valence-corrected chi connectivity index (χ1v) is 9.10. The van der Waals surface area contributed by atoms with Crippen molar-refractivity contribution in [2.45, 2.75) is 52.9 Å². The highest BCUT2D eigenvalue weighted by atomic mass is 35.5. The molecule has 0 aliphatic carbocycles. The van der Waals surface area contributed by atoms with E-state index in [2.05, 4.69) is 39.8 Å². The zero-order valence-corrected chi connectivity index (χ0v) is 16.7. The van der Waals surface area contributed by atoms with Crippen LogP contribution in [0.1, 0.15) is 57.2 Å².